The number of aliphatic hydroxyl groups is 1. The zero-order chi connectivity index (χ0) is 22.3. The highest BCUT2D eigenvalue weighted by Gasteiger charge is 2.31. The number of nitrogens with zero attached hydrogens (tertiary/aromatic N) is 1. The fourth-order valence-electron chi connectivity index (χ4n) is 3.67. The third kappa shape index (κ3) is 7.93. The second kappa shape index (κ2) is 10.7. The van der Waals surface area contributed by atoms with Gasteiger partial charge >= 0.3 is 6.36 Å². The first-order valence-corrected chi connectivity index (χ1v) is 10.2. The van der Waals surface area contributed by atoms with Crippen LogP contribution in [0.15, 0.2) is 48.5 Å². The molecule has 0 aliphatic carbocycles. The first kappa shape index (κ1) is 23.2. The maximum Gasteiger partial charge on any atom is 0.573 e. The maximum absolute atomic E-state index is 12.3. The van der Waals surface area contributed by atoms with Gasteiger partial charge in [0.2, 0.25) is 0 Å². The van der Waals surface area contributed by atoms with Gasteiger partial charge in [-0.25, -0.2) is 0 Å². The Morgan fingerprint density at radius 1 is 1.00 bits per heavy atom. The molecule has 0 saturated carbocycles. The van der Waals surface area contributed by atoms with Crippen LogP contribution in [0.25, 0.3) is 0 Å². The summed E-state index contributed by atoms with van der Waals surface area (Å²) in [7, 11) is 1.62. The quantitative estimate of drug-likeness (QED) is 0.492. The number of alkyl halides is 3. The van der Waals surface area contributed by atoms with E-state index >= 15 is 0 Å². The normalized spacial score (nSPS) is 16.7. The topological polar surface area (TPSA) is 66.0 Å². The van der Waals surface area contributed by atoms with Crippen molar-refractivity contribution in [2.45, 2.75) is 38.0 Å². The molecule has 1 heterocycles. The lowest BCUT2D eigenvalue weighted by atomic mass is 10.1. The maximum atomic E-state index is 12.3. The Hall–Kier alpha value is -2.49. The number of likely N-dealkylation sites (tertiary alicyclic amines) is 1. The summed E-state index contributed by atoms with van der Waals surface area (Å²) in [6.07, 6.45) is -2.76. The van der Waals surface area contributed by atoms with Gasteiger partial charge in [0.1, 0.15) is 11.5 Å². The van der Waals surface area contributed by atoms with Gasteiger partial charge in [-0.15, -0.1) is 13.2 Å². The van der Waals surface area contributed by atoms with Crippen molar-refractivity contribution in [2.75, 3.05) is 32.1 Å². The molecule has 1 aliphatic rings. The SMILES string of the molecule is COc1ccc(C[C@@H](CN2CCCC2)N[C@@H](O)Nc2ccc(OC(F)(F)F)cc2)cc1. The van der Waals surface area contributed by atoms with Crippen LogP contribution in [0.2, 0.25) is 0 Å². The van der Waals surface area contributed by atoms with Gasteiger partial charge in [0.15, 0.2) is 6.35 Å². The molecule has 0 aromatic heterocycles. The van der Waals surface area contributed by atoms with Gasteiger partial charge in [-0.3, -0.25) is 5.32 Å². The average molecular weight is 439 g/mol. The lowest BCUT2D eigenvalue weighted by molar-refractivity contribution is -0.274. The monoisotopic (exact) mass is 439 g/mol. The molecule has 3 rings (SSSR count). The van der Waals surface area contributed by atoms with Gasteiger partial charge in [0.05, 0.1) is 7.11 Å². The van der Waals surface area contributed by atoms with Crippen LogP contribution in [0, 0.1) is 0 Å². The molecule has 170 valence electrons. The summed E-state index contributed by atoms with van der Waals surface area (Å²) >= 11 is 0. The van der Waals surface area contributed by atoms with E-state index in [2.05, 4.69) is 20.3 Å². The van der Waals surface area contributed by atoms with Crippen LogP contribution in [-0.2, 0) is 6.42 Å². The van der Waals surface area contributed by atoms with Crippen molar-refractivity contribution in [1.82, 2.24) is 10.2 Å². The Balaban J connectivity index is 1.59. The first-order valence-electron chi connectivity index (χ1n) is 10.2. The molecule has 0 unspecified atom stereocenters. The predicted octanol–water partition coefficient (Wildman–Crippen LogP) is 3.58. The van der Waals surface area contributed by atoms with E-state index in [4.69, 9.17) is 4.74 Å². The number of hydrogen-bond acceptors (Lipinski definition) is 6. The molecule has 6 nitrogen and oxygen atoms in total. The van der Waals surface area contributed by atoms with Crippen LogP contribution >= 0.6 is 0 Å². The first-order chi connectivity index (χ1) is 14.8. The van der Waals surface area contributed by atoms with Crippen molar-refractivity contribution in [2.24, 2.45) is 0 Å². The van der Waals surface area contributed by atoms with Crippen LogP contribution in [0.3, 0.4) is 0 Å². The fraction of sp³-hybridized carbons (Fsp3) is 0.455. The smallest absolute Gasteiger partial charge is 0.497 e. The van der Waals surface area contributed by atoms with E-state index in [1.54, 1.807) is 7.11 Å². The van der Waals surface area contributed by atoms with Crippen LogP contribution in [0.5, 0.6) is 11.5 Å². The minimum absolute atomic E-state index is 0.0261. The predicted molar refractivity (Wildman–Crippen MR) is 112 cm³/mol. The number of rotatable bonds is 10. The molecule has 31 heavy (non-hydrogen) atoms. The molecule has 1 aliphatic heterocycles. The molecule has 1 saturated heterocycles. The Labute approximate surface area is 180 Å². The van der Waals surface area contributed by atoms with Crippen LogP contribution in [0.4, 0.5) is 18.9 Å². The third-order valence-corrected chi connectivity index (χ3v) is 5.10. The molecular weight excluding hydrogens is 411 g/mol. The highest BCUT2D eigenvalue weighted by Crippen LogP contribution is 2.24. The number of aliphatic hydroxyl groups excluding tert-OH is 1. The summed E-state index contributed by atoms with van der Waals surface area (Å²) in [6.45, 7) is 2.85. The van der Waals surface area contributed by atoms with Gasteiger partial charge in [0.25, 0.3) is 0 Å². The van der Waals surface area contributed by atoms with Gasteiger partial charge in [-0.2, -0.15) is 0 Å². The van der Waals surface area contributed by atoms with E-state index in [1.165, 1.54) is 37.1 Å². The summed E-state index contributed by atoms with van der Waals surface area (Å²) < 4.78 is 45.9. The molecule has 2 aromatic carbocycles. The van der Waals surface area contributed by atoms with Crippen LogP contribution in [0.1, 0.15) is 18.4 Å². The Morgan fingerprint density at radius 3 is 2.19 bits per heavy atom. The molecule has 0 bridgehead atoms. The lowest BCUT2D eigenvalue weighted by Crippen LogP contribution is -2.49. The number of nitrogens with one attached hydrogen (secondary N) is 2. The Kier molecular flexibility index (Phi) is 8.00. The van der Waals surface area contributed by atoms with Crippen LogP contribution in [-0.4, -0.2) is 55.5 Å². The van der Waals surface area contributed by atoms with Crippen molar-refractivity contribution in [3.63, 3.8) is 0 Å². The highest BCUT2D eigenvalue weighted by molar-refractivity contribution is 5.46. The highest BCUT2D eigenvalue weighted by atomic mass is 19.4. The van der Waals surface area contributed by atoms with Crippen molar-refractivity contribution >= 4 is 5.69 Å². The second-order valence-corrected chi connectivity index (χ2v) is 7.54. The number of benzene rings is 2. The summed E-state index contributed by atoms with van der Waals surface area (Å²) in [6, 6.07) is 13.0. The van der Waals surface area contributed by atoms with Crippen LogP contribution < -0.4 is 20.1 Å². The van der Waals surface area contributed by atoms with E-state index < -0.39 is 12.7 Å². The molecule has 1 fully saturated rings. The zero-order valence-corrected chi connectivity index (χ0v) is 17.4. The molecular formula is C22H28F3N3O3. The summed E-state index contributed by atoms with van der Waals surface area (Å²) in [5, 5.41) is 16.5. The molecule has 2 atom stereocenters. The van der Waals surface area contributed by atoms with E-state index in [0.29, 0.717) is 12.1 Å². The van der Waals surface area contributed by atoms with Gasteiger partial charge in [0, 0.05) is 18.3 Å². The molecule has 3 N–H and O–H groups in total. The summed E-state index contributed by atoms with van der Waals surface area (Å²) in [5.41, 5.74) is 1.58. The van der Waals surface area contributed by atoms with Gasteiger partial charge in [-0.05, 0) is 74.3 Å². The van der Waals surface area contributed by atoms with Crippen molar-refractivity contribution < 1.29 is 27.8 Å². The van der Waals surface area contributed by atoms with E-state index in [0.717, 1.165) is 30.9 Å². The average Bonchev–Trinajstić information content (AvgIpc) is 3.22. The number of halogens is 3. The number of anilines is 1. The van der Waals surface area contributed by atoms with Crippen molar-refractivity contribution in [3.05, 3.63) is 54.1 Å². The van der Waals surface area contributed by atoms with Gasteiger partial charge < -0.3 is 24.8 Å². The summed E-state index contributed by atoms with van der Waals surface area (Å²) in [4.78, 5) is 2.36. The molecule has 0 amide bonds. The van der Waals surface area contributed by atoms with Crippen molar-refractivity contribution in [1.29, 1.82) is 0 Å². The third-order valence-electron chi connectivity index (χ3n) is 5.10. The number of hydrogen-bond donors (Lipinski definition) is 3. The van der Waals surface area contributed by atoms with E-state index in [9.17, 15) is 18.3 Å². The summed E-state index contributed by atoms with van der Waals surface area (Å²) in [5.74, 6) is 0.472. The lowest BCUT2D eigenvalue weighted by Gasteiger charge is -2.28. The van der Waals surface area contributed by atoms with Gasteiger partial charge in [-0.1, -0.05) is 12.1 Å². The Bertz CT molecular complexity index is 794. The molecule has 0 spiro atoms. The fourth-order valence-corrected chi connectivity index (χ4v) is 3.67. The number of methoxy groups -OCH3 is 1. The Morgan fingerprint density at radius 2 is 1.61 bits per heavy atom. The molecule has 0 radical (unpaired) electrons. The molecule has 2 aromatic rings. The second-order valence-electron chi connectivity index (χ2n) is 7.54. The van der Waals surface area contributed by atoms with E-state index in [1.807, 2.05) is 24.3 Å². The zero-order valence-electron chi connectivity index (χ0n) is 17.4. The number of ether oxygens (including phenoxy) is 2. The minimum atomic E-state index is -4.74. The molecule has 9 heteroatoms. The largest absolute Gasteiger partial charge is 0.573 e. The minimum Gasteiger partial charge on any atom is -0.497 e. The van der Waals surface area contributed by atoms with E-state index in [-0.39, 0.29) is 11.8 Å². The van der Waals surface area contributed by atoms with Crippen molar-refractivity contribution in [3.8, 4) is 11.5 Å². The standard InChI is InChI=1S/C22H28F3N3O3/c1-30-19-8-4-16(5-9-19)14-18(15-28-12-2-3-13-28)27-21(29)26-17-6-10-20(11-7-17)31-22(23,24)25/h4-11,18,21,26-27,29H,2-3,12-15H2,1H3/t18-,21-/m0/s1.